The molecule has 1 aliphatic carbocycles. The lowest BCUT2D eigenvalue weighted by atomic mass is 9.90. The number of piperazine rings is 1. The van der Waals surface area contributed by atoms with E-state index in [4.69, 9.17) is 4.74 Å². The molecule has 4 aliphatic rings. The largest absolute Gasteiger partial charge is 0.444 e. The third-order valence-electron chi connectivity index (χ3n) is 8.04. The molecule has 11 heteroatoms. The molecule has 1 aromatic carbocycles. The number of nitrogens with zero attached hydrogens (tertiary/aromatic N) is 3. The molecule has 1 saturated carbocycles. The van der Waals surface area contributed by atoms with Gasteiger partial charge in [0, 0.05) is 50.4 Å². The van der Waals surface area contributed by atoms with Crippen LogP contribution in [-0.4, -0.2) is 89.4 Å². The zero-order valence-corrected chi connectivity index (χ0v) is 22.8. The van der Waals surface area contributed by atoms with Gasteiger partial charge in [-0.05, 0) is 71.1 Å². The van der Waals surface area contributed by atoms with Crippen LogP contribution in [0.15, 0.2) is 18.2 Å². The van der Waals surface area contributed by atoms with Gasteiger partial charge >= 0.3 is 6.09 Å². The number of nitrogens with one attached hydrogen (secondary N) is 2. The molecule has 2 N–H and O–H groups in total. The Morgan fingerprint density at radius 1 is 0.923 bits per heavy atom. The summed E-state index contributed by atoms with van der Waals surface area (Å²) in [7, 11) is 0. The quantitative estimate of drug-likeness (QED) is 0.557. The molecule has 5 rings (SSSR count). The minimum Gasteiger partial charge on any atom is -0.444 e. The molecule has 1 atom stereocenters. The van der Waals surface area contributed by atoms with E-state index in [9.17, 15) is 24.0 Å². The fourth-order valence-electron chi connectivity index (χ4n) is 6.06. The molecule has 0 spiro atoms. The van der Waals surface area contributed by atoms with Crippen molar-refractivity contribution in [1.29, 1.82) is 0 Å². The third-order valence-corrected chi connectivity index (χ3v) is 8.04. The number of imide groups is 2. The molecule has 0 radical (unpaired) electrons. The van der Waals surface area contributed by atoms with Gasteiger partial charge in [0.2, 0.25) is 11.8 Å². The van der Waals surface area contributed by atoms with Crippen LogP contribution in [0.5, 0.6) is 0 Å². The fourth-order valence-corrected chi connectivity index (χ4v) is 6.06. The first-order valence-corrected chi connectivity index (χ1v) is 13.8. The van der Waals surface area contributed by atoms with Crippen LogP contribution in [0, 0.1) is 0 Å². The highest BCUT2D eigenvalue weighted by molar-refractivity contribution is 6.23. The second kappa shape index (κ2) is 10.6. The minimum absolute atomic E-state index is 0.0985. The highest BCUT2D eigenvalue weighted by atomic mass is 16.6. The summed E-state index contributed by atoms with van der Waals surface area (Å²) in [5, 5.41) is 5.23. The van der Waals surface area contributed by atoms with Crippen molar-refractivity contribution in [2.75, 3.05) is 31.1 Å². The smallest absolute Gasteiger partial charge is 0.407 e. The first-order valence-electron chi connectivity index (χ1n) is 13.8. The van der Waals surface area contributed by atoms with Gasteiger partial charge in [0.1, 0.15) is 11.6 Å². The lowest BCUT2D eigenvalue weighted by Gasteiger charge is -2.42. The van der Waals surface area contributed by atoms with Crippen molar-refractivity contribution in [2.24, 2.45) is 0 Å². The minimum atomic E-state index is -0.962. The van der Waals surface area contributed by atoms with Crippen LogP contribution in [-0.2, 0) is 14.3 Å². The summed E-state index contributed by atoms with van der Waals surface area (Å²) >= 11 is 0. The highest BCUT2D eigenvalue weighted by Crippen LogP contribution is 2.32. The number of hydrogen-bond donors (Lipinski definition) is 2. The number of alkyl carbamates (subject to hydrolysis) is 1. The highest BCUT2D eigenvalue weighted by Gasteiger charge is 2.45. The second-order valence-corrected chi connectivity index (χ2v) is 11.9. The number of ether oxygens (including phenoxy) is 1. The lowest BCUT2D eigenvalue weighted by molar-refractivity contribution is -0.136. The lowest BCUT2D eigenvalue weighted by Crippen LogP contribution is -2.54. The number of carbonyl (C=O) groups is 5. The summed E-state index contributed by atoms with van der Waals surface area (Å²) in [4.78, 5) is 67.8. The van der Waals surface area contributed by atoms with Crippen LogP contribution in [0.3, 0.4) is 0 Å². The van der Waals surface area contributed by atoms with Gasteiger partial charge in [0.15, 0.2) is 0 Å². The van der Waals surface area contributed by atoms with Gasteiger partial charge in [-0.2, -0.15) is 0 Å². The first kappa shape index (κ1) is 27.1. The number of benzene rings is 1. The van der Waals surface area contributed by atoms with Gasteiger partial charge in [0.05, 0.1) is 11.1 Å². The molecule has 0 aromatic heterocycles. The van der Waals surface area contributed by atoms with Crippen molar-refractivity contribution in [2.45, 2.75) is 83.0 Å². The Kier molecular flexibility index (Phi) is 7.37. The Balaban J connectivity index is 1.14. The molecule has 2 saturated heterocycles. The summed E-state index contributed by atoms with van der Waals surface area (Å²) < 4.78 is 5.38. The summed E-state index contributed by atoms with van der Waals surface area (Å²) in [6, 6.07) is 4.94. The van der Waals surface area contributed by atoms with E-state index in [2.05, 4.69) is 20.4 Å². The monoisotopic (exact) mass is 539 g/mol. The molecule has 1 aromatic rings. The number of rotatable bonds is 4. The standard InChI is InChI=1S/C28H37N5O6/c1-28(2,3)39-27(38)29-17-4-6-18(7-5-17)31-12-14-32(15-13-31)19-8-9-20-21(16-19)26(37)33(25(20)36)22-10-11-23(34)30-24(22)35/h8-9,16-18,22H,4-7,10-15H2,1-3H3,(H,29,38)(H,30,34,35). The topological polar surface area (TPSA) is 128 Å². The average molecular weight is 540 g/mol. The van der Waals surface area contributed by atoms with Gasteiger partial charge in [0.25, 0.3) is 11.8 Å². The van der Waals surface area contributed by atoms with E-state index >= 15 is 0 Å². The molecule has 3 aliphatic heterocycles. The Bertz CT molecular complexity index is 1180. The zero-order valence-electron chi connectivity index (χ0n) is 22.8. The number of hydrogen-bond acceptors (Lipinski definition) is 8. The number of fused-ring (bicyclic) bond motifs is 1. The van der Waals surface area contributed by atoms with Gasteiger partial charge in [-0.1, -0.05) is 0 Å². The van der Waals surface area contributed by atoms with E-state index in [1.165, 1.54) is 0 Å². The maximum Gasteiger partial charge on any atom is 0.407 e. The van der Waals surface area contributed by atoms with E-state index in [-0.39, 0.29) is 30.9 Å². The first-order chi connectivity index (χ1) is 18.5. The molecule has 1 unspecified atom stereocenters. The van der Waals surface area contributed by atoms with E-state index in [1.54, 1.807) is 12.1 Å². The Morgan fingerprint density at radius 3 is 2.23 bits per heavy atom. The molecular weight excluding hydrogens is 502 g/mol. The van der Waals surface area contributed by atoms with Gasteiger partial charge in [-0.15, -0.1) is 0 Å². The molecule has 210 valence electrons. The Hall–Kier alpha value is -3.47. The number of piperidine rings is 1. The third kappa shape index (κ3) is 5.78. The van der Waals surface area contributed by atoms with Gasteiger partial charge in [-0.25, -0.2) is 4.79 Å². The molecule has 3 heterocycles. The van der Waals surface area contributed by atoms with Crippen molar-refractivity contribution in [3.8, 4) is 0 Å². The summed E-state index contributed by atoms with van der Waals surface area (Å²) in [5.74, 6) is -1.97. The predicted octanol–water partition coefficient (Wildman–Crippen LogP) is 2.05. The van der Waals surface area contributed by atoms with Crippen molar-refractivity contribution < 1.29 is 28.7 Å². The molecule has 39 heavy (non-hydrogen) atoms. The SMILES string of the molecule is CC(C)(C)OC(=O)NC1CCC(N2CCN(c3ccc4c(c3)C(=O)N(C3CCC(=O)NC3=O)C4=O)CC2)CC1. The van der Waals surface area contributed by atoms with E-state index in [1.807, 2.05) is 26.8 Å². The van der Waals surface area contributed by atoms with Gasteiger partial charge in [-0.3, -0.25) is 34.3 Å². The molecule has 11 nitrogen and oxygen atoms in total. The van der Waals surface area contributed by atoms with Crippen LogP contribution >= 0.6 is 0 Å². The Labute approximate surface area is 228 Å². The molecule has 0 bridgehead atoms. The summed E-state index contributed by atoms with van der Waals surface area (Å²) in [6.07, 6.45) is 3.78. The fraction of sp³-hybridized carbons (Fsp3) is 0.607. The van der Waals surface area contributed by atoms with Crippen LogP contribution in [0.4, 0.5) is 10.5 Å². The van der Waals surface area contributed by atoms with E-state index in [0.29, 0.717) is 17.2 Å². The second-order valence-electron chi connectivity index (χ2n) is 11.9. The maximum atomic E-state index is 13.2. The van der Waals surface area contributed by atoms with Crippen LogP contribution in [0.1, 0.15) is 80.0 Å². The molecule has 3 fully saturated rings. The van der Waals surface area contributed by atoms with Crippen molar-refractivity contribution in [3.05, 3.63) is 29.3 Å². The zero-order chi connectivity index (χ0) is 27.9. The predicted molar refractivity (Wildman–Crippen MR) is 142 cm³/mol. The van der Waals surface area contributed by atoms with E-state index in [0.717, 1.165) is 62.4 Å². The maximum absolute atomic E-state index is 13.2. The Morgan fingerprint density at radius 2 is 1.59 bits per heavy atom. The van der Waals surface area contributed by atoms with Crippen molar-refractivity contribution in [1.82, 2.24) is 20.4 Å². The molecular formula is C28H37N5O6. The summed E-state index contributed by atoms with van der Waals surface area (Å²) in [6.45, 7) is 8.96. The number of carbonyl (C=O) groups excluding carboxylic acids is 5. The van der Waals surface area contributed by atoms with Crippen LogP contribution in [0.2, 0.25) is 0 Å². The summed E-state index contributed by atoms with van der Waals surface area (Å²) in [5.41, 5.74) is 0.976. The van der Waals surface area contributed by atoms with Crippen LogP contribution < -0.4 is 15.5 Å². The number of amides is 5. The van der Waals surface area contributed by atoms with Crippen molar-refractivity contribution in [3.63, 3.8) is 0 Å². The van der Waals surface area contributed by atoms with Crippen LogP contribution in [0.25, 0.3) is 0 Å². The normalized spacial score (nSPS) is 26.4. The average Bonchev–Trinajstić information content (AvgIpc) is 3.13. The van der Waals surface area contributed by atoms with Crippen molar-refractivity contribution >= 4 is 35.4 Å². The molecule has 5 amide bonds. The number of anilines is 1. The van der Waals surface area contributed by atoms with E-state index < -0.39 is 29.4 Å². The van der Waals surface area contributed by atoms with Gasteiger partial charge < -0.3 is 15.0 Å².